The Kier molecular flexibility index (Phi) is 3.38. The third kappa shape index (κ3) is 2.73. The third-order valence-corrected chi connectivity index (χ3v) is 2.09. The Labute approximate surface area is 94.7 Å². The van der Waals surface area contributed by atoms with Crippen LogP contribution in [0.25, 0.3) is 0 Å². The fourth-order valence-corrected chi connectivity index (χ4v) is 1.25. The van der Waals surface area contributed by atoms with Crippen LogP contribution in [0.4, 0.5) is 0 Å². The minimum atomic E-state index is 0.448. The zero-order chi connectivity index (χ0) is 11.2. The average Bonchev–Trinajstić information content (AvgIpc) is 2.38. The summed E-state index contributed by atoms with van der Waals surface area (Å²) < 4.78 is 10.6. The van der Waals surface area contributed by atoms with Gasteiger partial charge in [0.1, 0.15) is 18.1 Å². The predicted octanol–water partition coefficient (Wildman–Crippen LogP) is 2.47. The number of rotatable bonds is 4. The van der Waals surface area contributed by atoms with Gasteiger partial charge in [-0.2, -0.15) is 0 Å². The molecule has 1 aromatic carbocycles. The van der Waals surface area contributed by atoms with Crippen LogP contribution >= 0.6 is 0 Å². The molecule has 1 heterocycles. The molecule has 0 saturated heterocycles. The van der Waals surface area contributed by atoms with Crippen LogP contribution in [0.1, 0.15) is 5.69 Å². The van der Waals surface area contributed by atoms with Crippen molar-refractivity contribution < 1.29 is 9.47 Å². The molecule has 16 heavy (non-hydrogen) atoms. The van der Waals surface area contributed by atoms with Gasteiger partial charge in [0.2, 0.25) is 0 Å². The number of methoxy groups -OCH3 is 1. The van der Waals surface area contributed by atoms with Gasteiger partial charge in [-0.3, -0.25) is 4.98 Å². The molecule has 2 aromatic rings. The highest BCUT2D eigenvalue weighted by molar-refractivity contribution is 5.29. The van der Waals surface area contributed by atoms with E-state index in [1.807, 2.05) is 30.3 Å². The molecule has 1 radical (unpaired) electrons. The topological polar surface area (TPSA) is 31.4 Å². The first-order valence-corrected chi connectivity index (χ1v) is 4.97. The Morgan fingerprint density at radius 3 is 2.81 bits per heavy atom. The molecular weight excluding hydrogens is 202 g/mol. The number of ether oxygens (including phenoxy) is 2. The van der Waals surface area contributed by atoms with Crippen molar-refractivity contribution in [2.75, 3.05) is 7.11 Å². The maximum absolute atomic E-state index is 5.52. The average molecular weight is 214 g/mol. The summed E-state index contributed by atoms with van der Waals surface area (Å²) in [7, 11) is 1.62. The Hall–Kier alpha value is -2.03. The molecule has 0 unspecified atom stereocenters. The van der Waals surface area contributed by atoms with E-state index in [-0.39, 0.29) is 0 Å². The largest absolute Gasteiger partial charge is 0.497 e. The monoisotopic (exact) mass is 214 g/mol. The fraction of sp³-hybridized carbons (Fsp3) is 0.154. The van der Waals surface area contributed by atoms with Gasteiger partial charge in [0.15, 0.2) is 0 Å². The van der Waals surface area contributed by atoms with Gasteiger partial charge in [-0.1, -0.05) is 6.07 Å². The number of aromatic nitrogens is 1. The summed E-state index contributed by atoms with van der Waals surface area (Å²) in [5.41, 5.74) is 0.895. The van der Waals surface area contributed by atoms with Crippen molar-refractivity contribution in [3.05, 3.63) is 54.4 Å². The van der Waals surface area contributed by atoms with E-state index in [0.29, 0.717) is 12.4 Å². The predicted molar refractivity (Wildman–Crippen MR) is 60.4 cm³/mol. The molecule has 1 aromatic heterocycles. The molecule has 0 amide bonds. The number of benzene rings is 1. The maximum atomic E-state index is 5.52. The molecule has 0 bridgehead atoms. The summed E-state index contributed by atoms with van der Waals surface area (Å²) in [4.78, 5) is 4.16. The fourth-order valence-electron chi connectivity index (χ4n) is 1.25. The van der Waals surface area contributed by atoms with Crippen LogP contribution in [0.15, 0.2) is 42.6 Å². The lowest BCUT2D eigenvalue weighted by Gasteiger charge is -2.05. The molecule has 0 N–H and O–H groups in total. The number of hydrogen-bond donors (Lipinski definition) is 0. The molecule has 2 rings (SSSR count). The van der Waals surface area contributed by atoms with Crippen molar-refractivity contribution in [1.29, 1.82) is 0 Å². The minimum Gasteiger partial charge on any atom is -0.497 e. The second-order valence-electron chi connectivity index (χ2n) is 3.20. The van der Waals surface area contributed by atoms with Crippen molar-refractivity contribution in [2.45, 2.75) is 6.61 Å². The first kappa shape index (κ1) is 10.5. The van der Waals surface area contributed by atoms with E-state index in [9.17, 15) is 0 Å². The Morgan fingerprint density at radius 1 is 1.25 bits per heavy atom. The van der Waals surface area contributed by atoms with Gasteiger partial charge >= 0.3 is 0 Å². The van der Waals surface area contributed by atoms with Crippen molar-refractivity contribution >= 4 is 0 Å². The van der Waals surface area contributed by atoms with Gasteiger partial charge in [-0.05, 0) is 30.3 Å². The number of hydrogen-bond acceptors (Lipinski definition) is 3. The molecule has 3 heteroatoms. The van der Waals surface area contributed by atoms with Gasteiger partial charge in [-0.15, -0.1) is 0 Å². The molecule has 0 atom stereocenters. The van der Waals surface area contributed by atoms with Crippen LogP contribution in [0.3, 0.4) is 0 Å². The molecule has 0 aliphatic carbocycles. The summed E-state index contributed by atoms with van der Waals surface area (Å²) in [6, 6.07) is 14.1. The minimum absolute atomic E-state index is 0.448. The highest BCUT2D eigenvalue weighted by Crippen LogP contribution is 2.16. The number of pyridine rings is 1. The molecular formula is C13H12NO2. The van der Waals surface area contributed by atoms with Crippen LogP contribution in [0.5, 0.6) is 11.5 Å². The van der Waals surface area contributed by atoms with E-state index in [0.717, 1.165) is 11.4 Å². The second kappa shape index (κ2) is 5.16. The van der Waals surface area contributed by atoms with Crippen LogP contribution in [-0.4, -0.2) is 12.1 Å². The van der Waals surface area contributed by atoms with Gasteiger partial charge in [0, 0.05) is 12.3 Å². The zero-order valence-corrected chi connectivity index (χ0v) is 9.01. The standard InChI is InChI=1S/C13H12NO2/c1-15-12-5-7-13(8-6-12)16-10-11-4-2-3-9-14-11/h2-7,9H,10H2,1H3. The second-order valence-corrected chi connectivity index (χ2v) is 3.20. The lowest BCUT2D eigenvalue weighted by atomic mass is 10.3. The van der Waals surface area contributed by atoms with E-state index in [4.69, 9.17) is 9.47 Å². The van der Waals surface area contributed by atoms with Crippen molar-refractivity contribution in [2.24, 2.45) is 0 Å². The van der Waals surface area contributed by atoms with Crippen molar-refractivity contribution in [3.63, 3.8) is 0 Å². The summed E-state index contributed by atoms with van der Waals surface area (Å²) in [6.45, 7) is 0.448. The first-order chi connectivity index (χ1) is 7.88. The summed E-state index contributed by atoms with van der Waals surface area (Å²) in [5.74, 6) is 1.46. The molecule has 81 valence electrons. The SMILES string of the molecule is COc1c[c]c(OCc2ccccn2)cc1. The molecule has 3 nitrogen and oxygen atoms in total. The number of nitrogens with zero attached hydrogens (tertiary/aromatic N) is 1. The molecule has 0 aliphatic rings. The smallest absolute Gasteiger partial charge is 0.130 e. The van der Waals surface area contributed by atoms with Gasteiger partial charge < -0.3 is 9.47 Å². The van der Waals surface area contributed by atoms with Gasteiger partial charge in [0.25, 0.3) is 0 Å². The van der Waals surface area contributed by atoms with Crippen molar-refractivity contribution in [1.82, 2.24) is 4.98 Å². The quantitative estimate of drug-likeness (QED) is 0.783. The van der Waals surface area contributed by atoms with E-state index < -0.39 is 0 Å². The van der Waals surface area contributed by atoms with E-state index >= 15 is 0 Å². The summed E-state index contributed by atoms with van der Waals surface area (Å²) in [6.07, 6.45) is 1.75. The molecule has 0 aliphatic heterocycles. The van der Waals surface area contributed by atoms with E-state index in [1.54, 1.807) is 19.4 Å². The Morgan fingerprint density at radius 2 is 2.19 bits per heavy atom. The lowest BCUT2D eigenvalue weighted by Crippen LogP contribution is -1.97. The third-order valence-electron chi connectivity index (χ3n) is 2.09. The maximum Gasteiger partial charge on any atom is 0.130 e. The first-order valence-electron chi connectivity index (χ1n) is 4.97. The zero-order valence-electron chi connectivity index (χ0n) is 9.01. The van der Waals surface area contributed by atoms with E-state index in [2.05, 4.69) is 11.1 Å². The van der Waals surface area contributed by atoms with Gasteiger partial charge in [-0.25, -0.2) is 0 Å². The highest BCUT2D eigenvalue weighted by atomic mass is 16.5. The summed E-state index contributed by atoms with van der Waals surface area (Å²) in [5, 5.41) is 0. The van der Waals surface area contributed by atoms with Crippen LogP contribution in [0, 0.1) is 6.07 Å². The van der Waals surface area contributed by atoms with Crippen LogP contribution < -0.4 is 9.47 Å². The molecule has 0 saturated carbocycles. The lowest BCUT2D eigenvalue weighted by molar-refractivity contribution is 0.300. The molecule has 0 spiro atoms. The van der Waals surface area contributed by atoms with E-state index in [1.165, 1.54) is 0 Å². The Bertz CT molecular complexity index is 425. The van der Waals surface area contributed by atoms with Crippen LogP contribution in [-0.2, 0) is 6.61 Å². The van der Waals surface area contributed by atoms with Crippen molar-refractivity contribution in [3.8, 4) is 11.5 Å². The highest BCUT2D eigenvalue weighted by Gasteiger charge is 1.97. The molecule has 0 fully saturated rings. The van der Waals surface area contributed by atoms with Gasteiger partial charge in [0.05, 0.1) is 12.8 Å². The Balaban J connectivity index is 1.94. The summed E-state index contributed by atoms with van der Waals surface area (Å²) >= 11 is 0. The van der Waals surface area contributed by atoms with Crippen LogP contribution in [0.2, 0.25) is 0 Å². The normalized spacial score (nSPS) is 9.81.